The topological polar surface area (TPSA) is 41.3 Å². The lowest BCUT2D eigenvalue weighted by molar-refractivity contribution is 0.543. The van der Waals surface area contributed by atoms with Crippen molar-refractivity contribution in [2.75, 3.05) is 18.5 Å². The Bertz CT molecular complexity index is 522. The monoisotopic (exact) mass is 259 g/mol. The fourth-order valence-corrected chi connectivity index (χ4v) is 1.96. The molecule has 2 aromatic rings. The van der Waals surface area contributed by atoms with Gasteiger partial charge in [0, 0.05) is 20.1 Å². The van der Waals surface area contributed by atoms with E-state index in [1.807, 2.05) is 11.9 Å². The number of aryl methyl sites for hydroxylation is 1. The van der Waals surface area contributed by atoms with Crippen LogP contribution in [-0.4, -0.2) is 18.6 Å². The smallest absolute Gasteiger partial charge is 0.297 e. The van der Waals surface area contributed by atoms with Crippen molar-refractivity contribution in [1.82, 2.24) is 10.3 Å². The Balaban J connectivity index is 1.99. The van der Waals surface area contributed by atoms with Gasteiger partial charge in [-0.05, 0) is 19.0 Å². The van der Waals surface area contributed by atoms with E-state index < -0.39 is 0 Å². The average Bonchev–Trinajstić information content (AvgIpc) is 2.85. The van der Waals surface area contributed by atoms with Crippen LogP contribution in [0.25, 0.3) is 0 Å². The molecular formula is C15H21N3O. The number of anilines is 1. The number of rotatable bonds is 6. The van der Waals surface area contributed by atoms with Gasteiger partial charge < -0.3 is 14.6 Å². The second-order valence-corrected chi connectivity index (χ2v) is 4.75. The van der Waals surface area contributed by atoms with Crippen molar-refractivity contribution in [3.05, 3.63) is 47.3 Å². The minimum absolute atomic E-state index is 0.661. The standard InChI is InChI=1S/C15H21N3O/c1-4-16-9-14-11-19-15(17-14)18(3)10-13-7-5-6-12(2)8-13/h5-8,11,16H,4,9-10H2,1-3H3. The molecule has 0 saturated heterocycles. The lowest BCUT2D eigenvalue weighted by atomic mass is 10.1. The van der Waals surface area contributed by atoms with E-state index in [-0.39, 0.29) is 0 Å². The van der Waals surface area contributed by atoms with Crippen molar-refractivity contribution in [3.63, 3.8) is 0 Å². The van der Waals surface area contributed by atoms with Gasteiger partial charge in [0.1, 0.15) is 6.26 Å². The number of nitrogens with one attached hydrogen (secondary N) is 1. The van der Waals surface area contributed by atoms with Gasteiger partial charge in [-0.15, -0.1) is 0 Å². The summed E-state index contributed by atoms with van der Waals surface area (Å²) in [5.74, 6) is 0. The average molecular weight is 259 g/mol. The van der Waals surface area contributed by atoms with Gasteiger partial charge >= 0.3 is 0 Å². The fourth-order valence-electron chi connectivity index (χ4n) is 1.96. The number of oxazole rings is 1. The van der Waals surface area contributed by atoms with Gasteiger partial charge in [0.2, 0.25) is 0 Å². The molecule has 0 spiro atoms. The highest BCUT2D eigenvalue weighted by atomic mass is 16.4. The summed E-state index contributed by atoms with van der Waals surface area (Å²) in [6.07, 6.45) is 1.71. The Kier molecular flexibility index (Phi) is 4.58. The lowest BCUT2D eigenvalue weighted by Gasteiger charge is -2.14. The molecule has 0 aliphatic carbocycles. The molecule has 1 aromatic heterocycles. The quantitative estimate of drug-likeness (QED) is 0.866. The predicted molar refractivity (Wildman–Crippen MR) is 77.2 cm³/mol. The minimum atomic E-state index is 0.661. The van der Waals surface area contributed by atoms with Gasteiger partial charge in [0.05, 0.1) is 5.69 Å². The van der Waals surface area contributed by atoms with Crippen molar-refractivity contribution in [2.24, 2.45) is 0 Å². The summed E-state index contributed by atoms with van der Waals surface area (Å²) >= 11 is 0. The summed E-state index contributed by atoms with van der Waals surface area (Å²) in [5, 5.41) is 3.23. The van der Waals surface area contributed by atoms with E-state index in [9.17, 15) is 0 Å². The molecule has 0 aliphatic heterocycles. The molecule has 2 rings (SSSR count). The molecule has 0 fully saturated rings. The van der Waals surface area contributed by atoms with Crippen molar-refractivity contribution in [1.29, 1.82) is 0 Å². The Morgan fingerprint density at radius 3 is 2.95 bits per heavy atom. The summed E-state index contributed by atoms with van der Waals surface area (Å²) < 4.78 is 5.50. The van der Waals surface area contributed by atoms with Crippen LogP contribution in [0.2, 0.25) is 0 Å². The van der Waals surface area contributed by atoms with E-state index >= 15 is 0 Å². The molecule has 4 nitrogen and oxygen atoms in total. The van der Waals surface area contributed by atoms with Gasteiger partial charge in [0.15, 0.2) is 0 Å². The van der Waals surface area contributed by atoms with Crippen molar-refractivity contribution in [2.45, 2.75) is 26.9 Å². The van der Waals surface area contributed by atoms with Crippen molar-refractivity contribution in [3.8, 4) is 0 Å². The summed E-state index contributed by atoms with van der Waals surface area (Å²) in [7, 11) is 1.99. The van der Waals surface area contributed by atoms with Crippen LogP contribution in [0.15, 0.2) is 34.9 Å². The number of hydrogen-bond acceptors (Lipinski definition) is 4. The normalized spacial score (nSPS) is 10.7. The third-order valence-electron chi connectivity index (χ3n) is 2.92. The zero-order chi connectivity index (χ0) is 13.7. The molecule has 1 aromatic carbocycles. The SMILES string of the molecule is CCNCc1coc(N(C)Cc2cccc(C)c2)n1. The summed E-state index contributed by atoms with van der Waals surface area (Å²) in [4.78, 5) is 6.48. The molecule has 0 radical (unpaired) electrons. The van der Waals surface area contributed by atoms with E-state index in [0.29, 0.717) is 6.01 Å². The van der Waals surface area contributed by atoms with Gasteiger partial charge in [-0.3, -0.25) is 0 Å². The van der Waals surface area contributed by atoms with Crippen LogP contribution in [0.5, 0.6) is 0 Å². The first-order chi connectivity index (χ1) is 9.19. The molecule has 1 N–H and O–H groups in total. The molecular weight excluding hydrogens is 238 g/mol. The maximum atomic E-state index is 5.50. The molecule has 19 heavy (non-hydrogen) atoms. The molecule has 0 aliphatic rings. The van der Waals surface area contributed by atoms with Crippen molar-refractivity contribution < 1.29 is 4.42 Å². The predicted octanol–water partition coefficient (Wildman–Crippen LogP) is 2.73. The maximum Gasteiger partial charge on any atom is 0.297 e. The first-order valence-electron chi connectivity index (χ1n) is 6.61. The molecule has 4 heteroatoms. The Labute approximate surface area is 114 Å². The Morgan fingerprint density at radius 2 is 2.21 bits per heavy atom. The van der Waals surface area contributed by atoms with Crippen LogP contribution in [0, 0.1) is 6.92 Å². The van der Waals surface area contributed by atoms with Crippen LogP contribution < -0.4 is 10.2 Å². The number of hydrogen-bond donors (Lipinski definition) is 1. The van der Waals surface area contributed by atoms with E-state index in [1.54, 1.807) is 6.26 Å². The van der Waals surface area contributed by atoms with Crippen LogP contribution in [0.1, 0.15) is 23.7 Å². The first-order valence-corrected chi connectivity index (χ1v) is 6.61. The highest BCUT2D eigenvalue weighted by Gasteiger charge is 2.09. The summed E-state index contributed by atoms with van der Waals surface area (Å²) in [6, 6.07) is 9.13. The number of benzene rings is 1. The van der Waals surface area contributed by atoms with Crippen molar-refractivity contribution >= 4 is 6.01 Å². The second-order valence-electron chi connectivity index (χ2n) is 4.75. The third-order valence-corrected chi connectivity index (χ3v) is 2.92. The molecule has 0 bridgehead atoms. The van der Waals surface area contributed by atoms with E-state index in [1.165, 1.54) is 11.1 Å². The molecule has 0 unspecified atom stereocenters. The Hall–Kier alpha value is -1.81. The van der Waals surface area contributed by atoms with Gasteiger partial charge in [-0.1, -0.05) is 36.8 Å². The second kappa shape index (κ2) is 6.38. The van der Waals surface area contributed by atoms with Gasteiger partial charge in [-0.25, -0.2) is 0 Å². The highest BCUT2D eigenvalue weighted by molar-refractivity contribution is 5.30. The van der Waals surface area contributed by atoms with E-state index in [4.69, 9.17) is 4.42 Å². The zero-order valence-corrected chi connectivity index (χ0v) is 11.8. The van der Waals surface area contributed by atoms with Crippen LogP contribution >= 0.6 is 0 Å². The highest BCUT2D eigenvalue weighted by Crippen LogP contribution is 2.15. The molecule has 0 amide bonds. The van der Waals surface area contributed by atoms with E-state index in [2.05, 4.69) is 48.4 Å². The molecule has 0 atom stereocenters. The maximum absolute atomic E-state index is 5.50. The molecule has 102 valence electrons. The van der Waals surface area contributed by atoms with Gasteiger partial charge in [-0.2, -0.15) is 4.98 Å². The first kappa shape index (κ1) is 13.6. The fraction of sp³-hybridized carbons (Fsp3) is 0.400. The largest absolute Gasteiger partial charge is 0.432 e. The molecule has 1 heterocycles. The van der Waals surface area contributed by atoms with Crippen LogP contribution in [0.3, 0.4) is 0 Å². The molecule has 0 saturated carbocycles. The third kappa shape index (κ3) is 3.83. The number of aromatic nitrogens is 1. The number of nitrogens with zero attached hydrogens (tertiary/aromatic N) is 2. The van der Waals surface area contributed by atoms with Crippen LogP contribution in [0.4, 0.5) is 6.01 Å². The van der Waals surface area contributed by atoms with Crippen LogP contribution in [-0.2, 0) is 13.1 Å². The Morgan fingerprint density at radius 1 is 1.37 bits per heavy atom. The zero-order valence-electron chi connectivity index (χ0n) is 11.8. The summed E-state index contributed by atoms with van der Waals surface area (Å²) in [5.41, 5.74) is 3.47. The van der Waals surface area contributed by atoms with E-state index in [0.717, 1.165) is 25.3 Å². The minimum Gasteiger partial charge on any atom is -0.432 e. The van der Waals surface area contributed by atoms with Gasteiger partial charge in [0.25, 0.3) is 6.01 Å². The lowest BCUT2D eigenvalue weighted by Crippen LogP contribution is -2.17. The summed E-state index contributed by atoms with van der Waals surface area (Å²) in [6.45, 7) is 6.65.